The van der Waals surface area contributed by atoms with Gasteiger partial charge in [-0.25, -0.2) is 14.5 Å². The summed E-state index contributed by atoms with van der Waals surface area (Å²) >= 11 is 0. The molecule has 2 aromatic heterocycles. The normalized spacial score (nSPS) is 12.3. The lowest BCUT2D eigenvalue weighted by Gasteiger charge is -2.25. The summed E-state index contributed by atoms with van der Waals surface area (Å²) in [7, 11) is 4.54. The number of carbonyl (C=O) groups excluding carboxylic acids is 1. The zero-order valence-corrected chi connectivity index (χ0v) is 16.7. The molecule has 10 nitrogen and oxygen atoms in total. The van der Waals surface area contributed by atoms with E-state index in [1.807, 2.05) is 36.1 Å². The van der Waals surface area contributed by atoms with Crippen LogP contribution < -0.4 is 17.0 Å². The molecule has 0 spiro atoms. The summed E-state index contributed by atoms with van der Waals surface area (Å²) in [4.78, 5) is 42.8. The fourth-order valence-electron chi connectivity index (χ4n) is 3.07. The topological polar surface area (TPSA) is 121 Å². The summed E-state index contributed by atoms with van der Waals surface area (Å²) in [6.07, 6.45) is 3.08. The minimum atomic E-state index is -0.686. The summed E-state index contributed by atoms with van der Waals surface area (Å²) < 4.78 is 3.64. The lowest BCUT2D eigenvalue weighted by molar-refractivity contribution is 0.0923. The molecule has 152 valence electrons. The second kappa shape index (κ2) is 7.84. The smallest absolute Gasteiger partial charge is 0.332 e. The molecular formula is C19H23N7O3. The molecule has 29 heavy (non-hydrogen) atoms. The summed E-state index contributed by atoms with van der Waals surface area (Å²) in [5.74, 6) is -0.561. The van der Waals surface area contributed by atoms with E-state index >= 15 is 0 Å². The summed E-state index contributed by atoms with van der Waals surface area (Å²) in [5.41, 5.74) is 6.31. The van der Waals surface area contributed by atoms with Crippen LogP contribution in [0.2, 0.25) is 0 Å². The number of likely N-dealkylation sites (N-methyl/N-ethyl adjacent to an activating group) is 1. The van der Waals surface area contributed by atoms with Crippen molar-refractivity contribution >= 4 is 11.6 Å². The van der Waals surface area contributed by atoms with Crippen LogP contribution in [0.15, 0.2) is 46.5 Å². The van der Waals surface area contributed by atoms with Crippen LogP contribution in [-0.4, -0.2) is 48.2 Å². The number of hydrogen-bond donors (Lipinski definition) is 1. The van der Waals surface area contributed by atoms with Crippen LogP contribution in [0.5, 0.6) is 0 Å². The third kappa shape index (κ3) is 3.74. The van der Waals surface area contributed by atoms with E-state index in [1.165, 1.54) is 20.4 Å². The highest BCUT2D eigenvalue weighted by Crippen LogP contribution is 2.20. The van der Waals surface area contributed by atoms with Gasteiger partial charge < -0.3 is 5.73 Å². The van der Waals surface area contributed by atoms with E-state index in [-0.39, 0.29) is 24.0 Å². The van der Waals surface area contributed by atoms with Gasteiger partial charge in [0.15, 0.2) is 5.78 Å². The zero-order valence-electron chi connectivity index (χ0n) is 16.7. The third-order valence-corrected chi connectivity index (χ3v) is 5.10. The number of aromatic nitrogens is 5. The molecule has 0 radical (unpaired) electrons. The van der Waals surface area contributed by atoms with Crippen molar-refractivity contribution < 1.29 is 4.79 Å². The maximum Gasteiger partial charge on any atom is 0.332 e. The number of nitrogen functional groups attached to an aromatic ring is 1. The zero-order chi connectivity index (χ0) is 21.3. The fourth-order valence-corrected chi connectivity index (χ4v) is 3.07. The van der Waals surface area contributed by atoms with Crippen LogP contribution in [-0.2, 0) is 14.1 Å². The van der Waals surface area contributed by atoms with Gasteiger partial charge in [0, 0.05) is 20.1 Å². The Hall–Kier alpha value is -3.53. The van der Waals surface area contributed by atoms with Gasteiger partial charge in [0.05, 0.1) is 12.2 Å². The molecule has 1 aromatic carbocycles. The largest absolute Gasteiger partial charge is 0.384 e. The van der Waals surface area contributed by atoms with E-state index in [2.05, 4.69) is 10.1 Å². The summed E-state index contributed by atoms with van der Waals surface area (Å²) in [6.45, 7) is 1.93. The van der Waals surface area contributed by atoms with Crippen molar-refractivity contribution in [2.24, 2.45) is 14.1 Å². The third-order valence-electron chi connectivity index (χ3n) is 5.10. The Labute approximate surface area is 166 Å². The minimum Gasteiger partial charge on any atom is -0.384 e. The molecule has 0 aliphatic heterocycles. The SMILES string of the molecule is CC(c1ccc(-n2cncn2)cc1)N(C)CC(=O)c1c(N)n(C)c(=O)n(C)c1=O. The Kier molecular flexibility index (Phi) is 5.46. The average Bonchev–Trinajstić information content (AvgIpc) is 3.25. The standard InChI is InChI=1S/C19H23N7O3/c1-12(13-5-7-14(8-6-13)26-11-21-10-22-26)23(2)9-15(27)16-17(20)24(3)19(29)25(4)18(16)28/h5-8,10-12H,9,20H2,1-4H3. The highest BCUT2D eigenvalue weighted by Gasteiger charge is 2.23. The van der Waals surface area contributed by atoms with Gasteiger partial charge in [-0.3, -0.25) is 23.6 Å². The molecule has 3 rings (SSSR count). The first-order chi connectivity index (χ1) is 13.7. The molecule has 3 aromatic rings. The Bertz CT molecular complexity index is 1140. The van der Waals surface area contributed by atoms with E-state index < -0.39 is 17.0 Å². The number of Topliss-reactive ketones (excluding diaryl/α,β-unsaturated/α-hetero) is 1. The molecule has 0 saturated heterocycles. The predicted octanol–water partition coefficient (Wildman–Crippen LogP) is 0.123. The number of hydrogen-bond acceptors (Lipinski definition) is 7. The number of rotatable bonds is 6. The van der Waals surface area contributed by atoms with E-state index in [0.29, 0.717) is 0 Å². The van der Waals surface area contributed by atoms with Gasteiger partial charge >= 0.3 is 5.69 Å². The summed E-state index contributed by atoms with van der Waals surface area (Å²) in [6, 6.07) is 7.62. The number of anilines is 1. The van der Waals surface area contributed by atoms with Crippen molar-refractivity contribution in [3.8, 4) is 5.69 Å². The molecule has 1 atom stereocenters. The molecule has 0 fully saturated rings. The molecule has 0 aliphatic carbocycles. The molecule has 0 bridgehead atoms. The number of nitrogens with two attached hydrogens (primary N) is 1. The molecule has 0 aliphatic rings. The van der Waals surface area contributed by atoms with E-state index in [9.17, 15) is 14.4 Å². The molecule has 10 heteroatoms. The first-order valence-corrected chi connectivity index (χ1v) is 8.96. The number of benzene rings is 1. The van der Waals surface area contributed by atoms with Crippen LogP contribution in [0.3, 0.4) is 0 Å². The Morgan fingerprint density at radius 3 is 2.41 bits per heavy atom. The van der Waals surface area contributed by atoms with Crippen LogP contribution in [0.4, 0.5) is 5.82 Å². The number of ketones is 1. The van der Waals surface area contributed by atoms with Crippen molar-refractivity contribution in [3.05, 3.63) is 68.9 Å². The van der Waals surface area contributed by atoms with Gasteiger partial charge in [-0.05, 0) is 31.7 Å². The fraction of sp³-hybridized carbons (Fsp3) is 0.316. The molecule has 0 amide bonds. The average molecular weight is 397 g/mol. The lowest BCUT2D eigenvalue weighted by Crippen LogP contribution is -2.43. The first-order valence-electron chi connectivity index (χ1n) is 8.96. The molecule has 1 unspecified atom stereocenters. The van der Waals surface area contributed by atoms with Gasteiger partial charge in [0.2, 0.25) is 0 Å². The molecule has 0 saturated carbocycles. The predicted molar refractivity (Wildman–Crippen MR) is 108 cm³/mol. The molecular weight excluding hydrogens is 374 g/mol. The van der Waals surface area contributed by atoms with E-state index in [1.54, 1.807) is 18.1 Å². The minimum absolute atomic E-state index is 0.0242. The van der Waals surface area contributed by atoms with Gasteiger partial charge in [-0.15, -0.1) is 0 Å². The lowest BCUT2D eigenvalue weighted by atomic mass is 10.1. The highest BCUT2D eigenvalue weighted by atomic mass is 16.2. The Balaban J connectivity index is 1.80. The second-order valence-corrected chi connectivity index (χ2v) is 6.91. The van der Waals surface area contributed by atoms with Crippen molar-refractivity contribution in [2.45, 2.75) is 13.0 Å². The van der Waals surface area contributed by atoms with Gasteiger partial charge in [0.1, 0.15) is 24.0 Å². The van der Waals surface area contributed by atoms with Crippen molar-refractivity contribution in [3.63, 3.8) is 0 Å². The van der Waals surface area contributed by atoms with Gasteiger partial charge in [0.25, 0.3) is 5.56 Å². The number of nitrogens with zero attached hydrogens (tertiary/aromatic N) is 6. The van der Waals surface area contributed by atoms with Gasteiger partial charge in [-0.2, -0.15) is 5.10 Å². The molecule has 2 N–H and O–H groups in total. The highest BCUT2D eigenvalue weighted by molar-refractivity contribution is 6.01. The first kappa shape index (κ1) is 20.2. The monoisotopic (exact) mass is 397 g/mol. The Morgan fingerprint density at radius 1 is 1.17 bits per heavy atom. The van der Waals surface area contributed by atoms with Crippen molar-refractivity contribution in [1.29, 1.82) is 0 Å². The van der Waals surface area contributed by atoms with Crippen molar-refractivity contribution in [1.82, 2.24) is 28.8 Å². The van der Waals surface area contributed by atoms with Crippen LogP contribution in [0, 0.1) is 0 Å². The second-order valence-electron chi connectivity index (χ2n) is 6.91. The quantitative estimate of drug-likeness (QED) is 0.587. The maximum absolute atomic E-state index is 12.8. The van der Waals surface area contributed by atoms with Gasteiger partial charge in [-0.1, -0.05) is 12.1 Å². The van der Waals surface area contributed by atoms with Crippen molar-refractivity contribution in [2.75, 3.05) is 19.3 Å². The van der Waals surface area contributed by atoms with E-state index in [0.717, 1.165) is 20.4 Å². The molecule has 2 heterocycles. The van der Waals surface area contributed by atoms with E-state index in [4.69, 9.17) is 5.73 Å². The van der Waals surface area contributed by atoms with Crippen LogP contribution >= 0.6 is 0 Å². The van der Waals surface area contributed by atoms with Crippen LogP contribution in [0.1, 0.15) is 28.9 Å². The number of carbonyl (C=O) groups is 1. The van der Waals surface area contributed by atoms with Crippen LogP contribution in [0.25, 0.3) is 5.69 Å². The summed E-state index contributed by atoms with van der Waals surface area (Å²) in [5, 5.41) is 4.09. The maximum atomic E-state index is 12.8. The Morgan fingerprint density at radius 2 is 1.83 bits per heavy atom.